The topological polar surface area (TPSA) is 87.8 Å². The molecule has 10 heteroatoms. The molecule has 0 aliphatic carbocycles. The molecule has 0 spiro atoms. The normalized spacial score (nSPS) is 11.4. The van der Waals surface area contributed by atoms with Crippen molar-refractivity contribution in [3.8, 4) is 51.5 Å². The SMILES string of the molecule is CC(C)Cc1ccnc(-c2[c-]c(Oc3[c-]c4c(cc3)c3ccc(Oc5[c-]c(-c6cc(CC(C)C)ccn6)cc(C(C)C)c5)[c-]c3n4-c3ncncn3)cc(C(C)C)c2)c1.[Pd+2].[Pt+2]. The summed E-state index contributed by atoms with van der Waals surface area (Å²) in [7, 11) is 0. The minimum atomic E-state index is 0. The summed E-state index contributed by atoms with van der Waals surface area (Å²) in [6.45, 7) is 17.6. The van der Waals surface area contributed by atoms with Gasteiger partial charge >= 0.3 is 41.5 Å². The Hall–Kier alpha value is -5.06. The molecule has 8 nitrogen and oxygen atoms in total. The summed E-state index contributed by atoms with van der Waals surface area (Å²) in [6, 6.07) is 38.8. The summed E-state index contributed by atoms with van der Waals surface area (Å²) < 4.78 is 15.1. The summed E-state index contributed by atoms with van der Waals surface area (Å²) in [6.07, 6.45) is 8.68. The van der Waals surface area contributed by atoms with Crippen LogP contribution in [0.4, 0.5) is 0 Å². The molecule has 4 aromatic carbocycles. The predicted molar refractivity (Wildman–Crippen MR) is 234 cm³/mol. The predicted octanol–water partition coefficient (Wildman–Crippen LogP) is 12.5. The van der Waals surface area contributed by atoms with Crippen LogP contribution in [0.5, 0.6) is 23.0 Å². The maximum absolute atomic E-state index is 6.58. The first-order valence-electron chi connectivity index (χ1n) is 20.4. The van der Waals surface area contributed by atoms with E-state index in [-0.39, 0.29) is 53.3 Å². The molecule has 0 aliphatic rings. The van der Waals surface area contributed by atoms with Crippen LogP contribution in [0, 0.1) is 36.1 Å². The summed E-state index contributed by atoms with van der Waals surface area (Å²) in [5.41, 5.74) is 9.73. The Morgan fingerprint density at radius 3 is 1.38 bits per heavy atom. The Morgan fingerprint density at radius 2 is 0.967 bits per heavy atom. The third kappa shape index (κ3) is 10.5. The van der Waals surface area contributed by atoms with E-state index in [9.17, 15) is 0 Å². The van der Waals surface area contributed by atoms with Crippen molar-refractivity contribution in [1.82, 2.24) is 29.5 Å². The summed E-state index contributed by atoms with van der Waals surface area (Å²) in [4.78, 5) is 22.6. The maximum Gasteiger partial charge on any atom is 2.00 e. The van der Waals surface area contributed by atoms with Gasteiger partial charge in [-0.15, -0.1) is 58.7 Å². The van der Waals surface area contributed by atoms with Gasteiger partial charge in [0.1, 0.15) is 12.7 Å². The largest absolute Gasteiger partial charge is 2.00 e. The van der Waals surface area contributed by atoms with E-state index in [1.165, 1.54) is 23.8 Å². The van der Waals surface area contributed by atoms with Crippen molar-refractivity contribution in [2.45, 2.75) is 80.1 Å². The van der Waals surface area contributed by atoms with Crippen LogP contribution in [-0.2, 0) is 54.3 Å². The second-order valence-corrected chi connectivity index (χ2v) is 16.6. The van der Waals surface area contributed by atoms with E-state index in [0.29, 0.717) is 40.8 Å². The van der Waals surface area contributed by atoms with Crippen LogP contribution in [0.25, 0.3) is 50.3 Å². The Bertz CT molecular complexity index is 2600. The van der Waals surface area contributed by atoms with Gasteiger partial charge in [-0.05, 0) is 60.0 Å². The minimum absolute atomic E-state index is 0. The molecule has 0 saturated heterocycles. The number of benzene rings is 4. The molecule has 0 N–H and O–H groups in total. The van der Waals surface area contributed by atoms with Crippen LogP contribution in [0.1, 0.15) is 89.5 Å². The number of fused-ring (bicyclic) bond motifs is 3. The van der Waals surface area contributed by atoms with Crippen molar-refractivity contribution in [3.63, 3.8) is 0 Å². The third-order valence-electron chi connectivity index (χ3n) is 10.2. The van der Waals surface area contributed by atoms with E-state index in [2.05, 4.69) is 131 Å². The zero-order valence-corrected chi connectivity index (χ0v) is 39.4. The second-order valence-electron chi connectivity index (χ2n) is 16.6. The van der Waals surface area contributed by atoms with Crippen molar-refractivity contribution in [3.05, 3.63) is 144 Å². The number of ether oxygens (including phenoxy) is 2. The van der Waals surface area contributed by atoms with Crippen LogP contribution in [0.3, 0.4) is 0 Å². The minimum Gasteiger partial charge on any atom is -0.503 e. The summed E-state index contributed by atoms with van der Waals surface area (Å²) in [5, 5.41) is 1.87. The van der Waals surface area contributed by atoms with E-state index in [1.807, 2.05) is 53.4 Å². The molecule has 0 fully saturated rings. The van der Waals surface area contributed by atoms with Crippen LogP contribution in [0.15, 0.2) is 97.8 Å². The molecule has 4 aromatic heterocycles. The van der Waals surface area contributed by atoms with E-state index < -0.39 is 0 Å². The first-order chi connectivity index (χ1) is 28.5. The first kappa shape index (κ1) is 45.5. The average Bonchev–Trinajstić information content (AvgIpc) is 3.53. The van der Waals surface area contributed by atoms with E-state index >= 15 is 0 Å². The number of pyridine rings is 2. The molecule has 314 valence electrons. The molecular weight excluding hydrogens is 1030 g/mol. The maximum atomic E-state index is 6.58. The van der Waals surface area contributed by atoms with Crippen LogP contribution in [-0.4, -0.2) is 29.5 Å². The van der Waals surface area contributed by atoms with Crippen LogP contribution < -0.4 is 9.47 Å². The quantitative estimate of drug-likeness (QED) is 0.0839. The van der Waals surface area contributed by atoms with E-state index in [1.54, 1.807) is 0 Å². The van der Waals surface area contributed by atoms with E-state index in [0.717, 1.165) is 68.3 Å². The van der Waals surface area contributed by atoms with Crippen molar-refractivity contribution in [2.75, 3.05) is 0 Å². The van der Waals surface area contributed by atoms with Crippen LogP contribution in [0.2, 0.25) is 0 Å². The van der Waals surface area contributed by atoms with Gasteiger partial charge in [0, 0.05) is 35.4 Å². The fourth-order valence-electron chi connectivity index (χ4n) is 7.35. The summed E-state index contributed by atoms with van der Waals surface area (Å²) >= 11 is 0. The average molecular weight is 1080 g/mol. The second kappa shape index (κ2) is 19.8. The Balaban J connectivity index is 0.00000311. The van der Waals surface area contributed by atoms with Gasteiger partial charge in [-0.3, -0.25) is 0 Å². The fourth-order valence-corrected chi connectivity index (χ4v) is 7.35. The van der Waals surface area contributed by atoms with Crippen molar-refractivity contribution in [2.24, 2.45) is 11.8 Å². The molecule has 0 bridgehead atoms. The van der Waals surface area contributed by atoms with Gasteiger partial charge in [-0.1, -0.05) is 114 Å². The Morgan fingerprint density at radius 1 is 0.525 bits per heavy atom. The summed E-state index contributed by atoms with van der Waals surface area (Å²) in [5.74, 6) is 4.26. The molecule has 4 heterocycles. The van der Waals surface area contributed by atoms with Crippen molar-refractivity contribution >= 4 is 21.8 Å². The molecule has 0 amide bonds. The van der Waals surface area contributed by atoms with Gasteiger partial charge in [0.2, 0.25) is 5.95 Å². The van der Waals surface area contributed by atoms with Crippen LogP contribution >= 0.6 is 0 Å². The number of hydrogen-bond donors (Lipinski definition) is 0. The molecular formula is C51H48N6O2PdPt. The number of nitrogens with zero attached hydrogens (tertiary/aromatic N) is 6. The Kier molecular flexibility index (Phi) is 14.7. The van der Waals surface area contributed by atoms with E-state index in [4.69, 9.17) is 19.4 Å². The fraction of sp³-hybridized carbons (Fsp3) is 0.275. The van der Waals surface area contributed by atoms with Crippen molar-refractivity contribution in [1.29, 1.82) is 0 Å². The molecule has 8 rings (SSSR count). The van der Waals surface area contributed by atoms with Gasteiger partial charge in [0.15, 0.2) is 0 Å². The zero-order valence-electron chi connectivity index (χ0n) is 35.6. The van der Waals surface area contributed by atoms with Gasteiger partial charge in [0.05, 0.1) is 0 Å². The molecule has 0 saturated carbocycles. The molecule has 8 aromatic rings. The van der Waals surface area contributed by atoms with Gasteiger partial charge in [-0.2, -0.15) is 22.9 Å². The zero-order chi connectivity index (χ0) is 41.2. The standard InChI is InChI=1S/C51H48N6O2.Pd.Pt/c1-31(2)17-35-13-15-53-47(19-35)39-21-37(33(5)6)23-43(25-39)58-41-9-11-45-46-12-10-42(28-50(46)57(49(45)27-41)51-55-29-52-30-56-51)59-44-24-38(34(7)8)22-40(26-44)48-20-36(14-16-54-48)18-32(3)4;;/h9-16,19-24,29-34H,17-18H2,1-8H3;;/q-4;2*+2. The molecule has 61 heavy (non-hydrogen) atoms. The Labute approximate surface area is 387 Å². The van der Waals surface area contributed by atoms with Crippen molar-refractivity contribution < 1.29 is 51.0 Å². The number of aromatic nitrogens is 6. The molecule has 0 unspecified atom stereocenters. The third-order valence-corrected chi connectivity index (χ3v) is 10.2. The van der Waals surface area contributed by atoms with Gasteiger partial charge in [0.25, 0.3) is 0 Å². The first-order valence-corrected chi connectivity index (χ1v) is 20.4. The monoisotopic (exact) mass is 1080 g/mol. The molecule has 0 aliphatic heterocycles. The number of rotatable bonds is 13. The smallest absolute Gasteiger partial charge is 0.503 e. The van der Waals surface area contributed by atoms with Gasteiger partial charge < -0.3 is 24.0 Å². The molecule has 0 radical (unpaired) electrons. The molecule has 0 atom stereocenters. The number of hydrogen-bond acceptors (Lipinski definition) is 7. The van der Waals surface area contributed by atoms with Gasteiger partial charge in [-0.25, -0.2) is 15.0 Å².